The lowest BCUT2D eigenvalue weighted by Gasteiger charge is -2.29. The maximum absolute atomic E-state index is 13.4. The standard InChI is InChI=1S/C30H40N6O7S/c1-29(2,3)43-28(39)34-30(4,5)27(38)32-24(19-42-18-21-12-8-7-9-13-21)26(37)33-25-17-36(20-31-25)16-22-14-10-11-15-23(22)35-44(6,40)41/h7-15,17,20,24,35H,16,18-19H2,1-6H3,(H,32,38)(H,33,37)(H,34,39). The van der Waals surface area contributed by atoms with E-state index >= 15 is 0 Å². The number of hydrogen-bond acceptors (Lipinski definition) is 8. The molecule has 1 unspecified atom stereocenters. The lowest BCUT2D eigenvalue weighted by atomic mass is 10.0. The van der Waals surface area contributed by atoms with Crippen molar-refractivity contribution in [3.8, 4) is 0 Å². The van der Waals surface area contributed by atoms with Gasteiger partial charge in [-0.1, -0.05) is 48.5 Å². The van der Waals surface area contributed by atoms with E-state index in [9.17, 15) is 22.8 Å². The van der Waals surface area contributed by atoms with Crippen LogP contribution in [-0.4, -0.2) is 65.9 Å². The minimum absolute atomic E-state index is 0.166. The molecule has 0 saturated carbocycles. The highest BCUT2D eigenvalue weighted by Crippen LogP contribution is 2.18. The quantitative estimate of drug-likeness (QED) is 0.224. The third-order valence-corrected chi connectivity index (χ3v) is 6.54. The first-order valence-corrected chi connectivity index (χ1v) is 15.7. The number of amides is 3. The molecule has 3 rings (SSSR count). The molecule has 0 aliphatic carbocycles. The summed E-state index contributed by atoms with van der Waals surface area (Å²) in [5, 5.41) is 7.88. The summed E-state index contributed by atoms with van der Waals surface area (Å²) in [6, 6.07) is 15.1. The van der Waals surface area contributed by atoms with E-state index in [1.165, 1.54) is 20.2 Å². The number of carbonyl (C=O) groups is 3. The van der Waals surface area contributed by atoms with E-state index in [0.29, 0.717) is 11.3 Å². The first-order valence-electron chi connectivity index (χ1n) is 13.8. The summed E-state index contributed by atoms with van der Waals surface area (Å²) < 4.78 is 38.7. The third-order valence-electron chi connectivity index (χ3n) is 5.95. The number of alkyl carbamates (subject to hydrolysis) is 1. The molecule has 14 heteroatoms. The molecule has 3 aromatic rings. The van der Waals surface area contributed by atoms with E-state index in [4.69, 9.17) is 9.47 Å². The van der Waals surface area contributed by atoms with Crippen molar-refractivity contribution in [1.82, 2.24) is 20.2 Å². The lowest BCUT2D eigenvalue weighted by Crippen LogP contribution is -2.59. The number of hydrogen-bond donors (Lipinski definition) is 4. The largest absolute Gasteiger partial charge is 0.444 e. The van der Waals surface area contributed by atoms with Crippen LogP contribution in [0.4, 0.5) is 16.3 Å². The van der Waals surface area contributed by atoms with Crippen LogP contribution < -0.4 is 20.7 Å². The Labute approximate surface area is 257 Å². The predicted octanol–water partition coefficient (Wildman–Crippen LogP) is 3.25. The van der Waals surface area contributed by atoms with Gasteiger partial charge in [0.2, 0.25) is 15.9 Å². The van der Waals surface area contributed by atoms with Crippen LogP contribution in [0.2, 0.25) is 0 Å². The fourth-order valence-electron chi connectivity index (χ4n) is 3.88. The van der Waals surface area contributed by atoms with E-state index < -0.39 is 45.1 Å². The highest BCUT2D eigenvalue weighted by molar-refractivity contribution is 7.92. The highest BCUT2D eigenvalue weighted by Gasteiger charge is 2.34. The van der Waals surface area contributed by atoms with Crippen LogP contribution in [0.15, 0.2) is 67.1 Å². The van der Waals surface area contributed by atoms with Crippen molar-refractivity contribution >= 4 is 39.4 Å². The molecular formula is C30H40N6O7S. The highest BCUT2D eigenvalue weighted by atomic mass is 32.2. The van der Waals surface area contributed by atoms with Crippen LogP contribution in [-0.2, 0) is 42.2 Å². The second-order valence-electron chi connectivity index (χ2n) is 11.7. The van der Waals surface area contributed by atoms with Crippen molar-refractivity contribution in [2.24, 2.45) is 0 Å². The Hall–Kier alpha value is -4.43. The number of benzene rings is 2. The maximum atomic E-state index is 13.4. The topological polar surface area (TPSA) is 170 Å². The van der Waals surface area contributed by atoms with Gasteiger partial charge in [-0.05, 0) is 51.8 Å². The third kappa shape index (κ3) is 11.3. The first kappa shape index (κ1) is 34.1. The summed E-state index contributed by atoms with van der Waals surface area (Å²) in [6.07, 6.45) is 3.35. The lowest BCUT2D eigenvalue weighted by molar-refractivity contribution is -0.131. The van der Waals surface area contributed by atoms with E-state index in [0.717, 1.165) is 11.8 Å². The number of imidazole rings is 1. The summed E-state index contributed by atoms with van der Waals surface area (Å²) in [7, 11) is -3.48. The van der Waals surface area contributed by atoms with Gasteiger partial charge in [0.05, 0.1) is 38.0 Å². The van der Waals surface area contributed by atoms with E-state index in [2.05, 4.69) is 25.7 Å². The van der Waals surface area contributed by atoms with Gasteiger partial charge in [0.1, 0.15) is 17.2 Å². The number of nitrogens with zero attached hydrogens (tertiary/aromatic N) is 2. The second-order valence-corrected chi connectivity index (χ2v) is 13.5. The van der Waals surface area contributed by atoms with E-state index in [1.54, 1.807) is 55.8 Å². The van der Waals surface area contributed by atoms with Crippen LogP contribution in [0, 0.1) is 0 Å². The van der Waals surface area contributed by atoms with Crippen LogP contribution in [0.25, 0.3) is 0 Å². The van der Waals surface area contributed by atoms with Crippen molar-refractivity contribution < 1.29 is 32.3 Å². The average molecular weight is 629 g/mol. The Morgan fingerprint density at radius 1 is 0.977 bits per heavy atom. The number of sulfonamides is 1. The Balaban J connectivity index is 1.71. The molecule has 0 radical (unpaired) electrons. The molecule has 0 aliphatic rings. The van der Waals surface area contributed by atoms with Crippen LogP contribution in [0.5, 0.6) is 0 Å². The molecule has 0 aliphatic heterocycles. The molecule has 13 nitrogen and oxygen atoms in total. The van der Waals surface area contributed by atoms with Gasteiger partial charge in [0, 0.05) is 6.20 Å². The Morgan fingerprint density at radius 2 is 1.64 bits per heavy atom. The van der Waals surface area contributed by atoms with E-state index in [1.807, 2.05) is 30.3 Å². The van der Waals surface area contributed by atoms with Crippen molar-refractivity contribution in [3.63, 3.8) is 0 Å². The number of aromatic nitrogens is 2. The number of rotatable bonds is 13. The SMILES string of the molecule is CC(C)(C)OC(=O)NC(C)(C)C(=O)NC(COCc1ccccc1)C(=O)Nc1cn(Cc2ccccc2NS(C)(=O)=O)cn1. The minimum atomic E-state index is -3.48. The summed E-state index contributed by atoms with van der Waals surface area (Å²) in [5.41, 5.74) is -0.188. The Bertz CT molecular complexity index is 1550. The second kappa shape index (κ2) is 14.4. The molecule has 0 bridgehead atoms. The summed E-state index contributed by atoms with van der Waals surface area (Å²) >= 11 is 0. The number of carbonyl (C=O) groups excluding carboxylic acids is 3. The predicted molar refractivity (Wildman–Crippen MR) is 166 cm³/mol. The molecule has 0 saturated heterocycles. The summed E-state index contributed by atoms with van der Waals surface area (Å²) in [4.78, 5) is 43.1. The number of nitrogens with one attached hydrogen (secondary N) is 4. The maximum Gasteiger partial charge on any atom is 0.408 e. The number of anilines is 2. The van der Waals surface area contributed by atoms with Crippen molar-refractivity contribution in [2.45, 2.75) is 65.0 Å². The number of para-hydroxylation sites is 1. The van der Waals surface area contributed by atoms with Crippen molar-refractivity contribution in [2.75, 3.05) is 22.9 Å². The molecule has 1 atom stereocenters. The van der Waals surface area contributed by atoms with Gasteiger partial charge < -0.3 is 30.0 Å². The van der Waals surface area contributed by atoms with E-state index in [-0.39, 0.29) is 25.6 Å². The molecule has 3 amide bonds. The number of ether oxygens (including phenoxy) is 2. The fourth-order valence-corrected chi connectivity index (χ4v) is 4.48. The van der Waals surface area contributed by atoms with Crippen molar-refractivity contribution in [3.05, 3.63) is 78.2 Å². The zero-order valence-electron chi connectivity index (χ0n) is 25.7. The smallest absolute Gasteiger partial charge is 0.408 e. The molecular weight excluding hydrogens is 588 g/mol. The Morgan fingerprint density at radius 3 is 2.30 bits per heavy atom. The molecule has 0 fully saturated rings. The van der Waals surface area contributed by atoms with Crippen LogP contribution in [0.1, 0.15) is 45.7 Å². The molecule has 4 N–H and O–H groups in total. The monoisotopic (exact) mass is 628 g/mol. The van der Waals surface area contributed by atoms with Gasteiger partial charge in [0.25, 0.3) is 5.91 Å². The van der Waals surface area contributed by atoms with Gasteiger partial charge in [-0.15, -0.1) is 0 Å². The molecule has 1 aromatic heterocycles. The zero-order valence-corrected chi connectivity index (χ0v) is 26.5. The fraction of sp³-hybridized carbons (Fsp3) is 0.400. The van der Waals surface area contributed by atoms with Gasteiger partial charge in [0.15, 0.2) is 5.82 Å². The summed E-state index contributed by atoms with van der Waals surface area (Å²) in [5.74, 6) is -1.02. The zero-order chi connectivity index (χ0) is 32.5. The van der Waals surface area contributed by atoms with Gasteiger partial charge in [-0.3, -0.25) is 14.3 Å². The Kier molecular flexibility index (Phi) is 11.1. The molecule has 0 spiro atoms. The normalized spacial score (nSPS) is 12.6. The molecule has 1 heterocycles. The van der Waals surface area contributed by atoms with Crippen LogP contribution >= 0.6 is 0 Å². The summed E-state index contributed by atoms with van der Waals surface area (Å²) in [6.45, 7) is 8.40. The molecule has 238 valence electrons. The average Bonchev–Trinajstić information content (AvgIpc) is 3.34. The van der Waals surface area contributed by atoms with Gasteiger partial charge >= 0.3 is 6.09 Å². The van der Waals surface area contributed by atoms with Crippen molar-refractivity contribution in [1.29, 1.82) is 0 Å². The first-order chi connectivity index (χ1) is 20.5. The van der Waals surface area contributed by atoms with Crippen LogP contribution in [0.3, 0.4) is 0 Å². The minimum Gasteiger partial charge on any atom is -0.444 e. The molecule has 44 heavy (non-hydrogen) atoms. The van der Waals surface area contributed by atoms with Gasteiger partial charge in [-0.25, -0.2) is 18.2 Å². The van der Waals surface area contributed by atoms with Gasteiger partial charge in [-0.2, -0.15) is 0 Å². The molecule has 2 aromatic carbocycles.